The van der Waals surface area contributed by atoms with E-state index >= 15 is 0 Å². The van der Waals surface area contributed by atoms with Gasteiger partial charge < -0.3 is 5.32 Å². The second-order valence-corrected chi connectivity index (χ2v) is 8.40. The first kappa shape index (κ1) is 16.1. The van der Waals surface area contributed by atoms with E-state index in [4.69, 9.17) is 11.6 Å². The number of aromatic nitrogens is 1. The lowest BCUT2D eigenvalue weighted by molar-refractivity contribution is -0.121. The molecule has 1 amide bonds. The average molecular weight is 355 g/mol. The molecule has 0 atom stereocenters. The highest BCUT2D eigenvalue weighted by Crippen LogP contribution is 2.31. The molecule has 1 N–H and O–H groups in total. The Hall–Kier alpha value is -0.780. The third-order valence-electron chi connectivity index (χ3n) is 3.85. The van der Waals surface area contributed by atoms with E-state index in [1.165, 1.54) is 19.3 Å². The first-order valence-corrected chi connectivity index (χ1v) is 9.87. The van der Waals surface area contributed by atoms with Gasteiger partial charge in [0.05, 0.1) is 10.2 Å². The molecule has 1 aromatic heterocycles. The van der Waals surface area contributed by atoms with Crippen molar-refractivity contribution < 1.29 is 4.79 Å². The van der Waals surface area contributed by atoms with E-state index in [2.05, 4.69) is 10.3 Å². The van der Waals surface area contributed by atoms with Gasteiger partial charge in [-0.3, -0.25) is 4.79 Å². The number of halogens is 1. The van der Waals surface area contributed by atoms with Crippen molar-refractivity contribution in [3.8, 4) is 0 Å². The predicted molar refractivity (Wildman–Crippen MR) is 95.0 cm³/mol. The number of hydrogen-bond donors (Lipinski definition) is 1. The molecular formula is C16H19ClN2OS2. The van der Waals surface area contributed by atoms with Crippen LogP contribution >= 0.6 is 34.7 Å². The number of nitrogens with zero attached hydrogens (tertiary/aromatic N) is 1. The number of benzene rings is 1. The van der Waals surface area contributed by atoms with Crippen LogP contribution in [0.2, 0.25) is 5.02 Å². The van der Waals surface area contributed by atoms with Gasteiger partial charge in [-0.25, -0.2) is 4.98 Å². The number of carbonyl (C=O) groups excluding carboxylic acids is 1. The first-order valence-electron chi connectivity index (χ1n) is 7.69. The molecule has 0 saturated heterocycles. The van der Waals surface area contributed by atoms with Crippen LogP contribution in [0.5, 0.6) is 0 Å². The van der Waals surface area contributed by atoms with E-state index in [0.717, 1.165) is 33.2 Å². The minimum absolute atomic E-state index is 0.170. The molecule has 3 rings (SSSR count). The zero-order valence-corrected chi connectivity index (χ0v) is 14.7. The molecule has 1 aliphatic carbocycles. The van der Waals surface area contributed by atoms with Gasteiger partial charge in [0.2, 0.25) is 5.91 Å². The van der Waals surface area contributed by atoms with Gasteiger partial charge in [-0.15, -0.1) is 11.3 Å². The molecule has 2 aromatic rings. The summed E-state index contributed by atoms with van der Waals surface area (Å²) >= 11 is 9.27. The number of amides is 1. The Kier molecular flexibility index (Phi) is 5.61. The molecule has 1 heterocycles. The zero-order valence-electron chi connectivity index (χ0n) is 12.3. The number of hydrogen-bond acceptors (Lipinski definition) is 4. The molecule has 22 heavy (non-hydrogen) atoms. The van der Waals surface area contributed by atoms with Crippen LogP contribution < -0.4 is 5.32 Å². The SMILES string of the molecule is O=C(CCSc1nc2cc(Cl)ccc2s1)NC1CCCCC1. The van der Waals surface area contributed by atoms with Crippen molar-refractivity contribution in [2.24, 2.45) is 0 Å². The van der Waals surface area contributed by atoms with Crippen LogP contribution in [-0.2, 0) is 4.79 Å². The third-order valence-corrected chi connectivity index (χ3v) is 6.27. The summed E-state index contributed by atoms with van der Waals surface area (Å²) in [6.45, 7) is 0. The summed E-state index contributed by atoms with van der Waals surface area (Å²) in [5.41, 5.74) is 0.937. The van der Waals surface area contributed by atoms with Crippen molar-refractivity contribution in [3.63, 3.8) is 0 Å². The van der Waals surface area contributed by atoms with Gasteiger partial charge in [0.1, 0.15) is 0 Å². The topological polar surface area (TPSA) is 42.0 Å². The van der Waals surface area contributed by atoms with Crippen molar-refractivity contribution in [1.29, 1.82) is 0 Å². The maximum atomic E-state index is 12.0. The second-order valence-electron chi connectivity index (χ2n) is 5.59. The summed E-state index contributed by atoms with van der Waals surface area (Å²) in [5, 5.41) is 3.86. The zero-order chi connectivity index (χ0) is 15.4. The fourth-order valence-electron chi connectivity index (χ4n) is 2.72. The van der Waals surface area contributed by atoms with Crippen molar-refractivity contribution in [1.82, 2.24) is 10.3 Å². The van der Waals surface area contributed by atoms with E-state index < -0.39 is 0 Å². The van der Waals surface area contributed by atoms with Gasteiger partial charge in [-0.1, -0.05) is 42.6 Å². The van der Waals surface area contributed by atoms with Gasteiger partial charge >= 0.3 is 0 Å². The number of rotatable bonds is 5. The molecule has 1 aliphatic rings. The summed E-state index contributed by atoms with van der Waals surface area (Å²) in [6.07, 6.45) is 6.62. The lowest BCUT2D eigenvalue weighted by Crippen LogP contribution is -2.36. The molecule has 1 saturated carbocycles. The Balaban J connectivity index is 1.46. The Morgan fingerprint density at radius 3 is 3.00 bits per heavy atom. The van der Waals surface area contributed by atoms with E-state index in [-0.39, 0.29) is 5.91 Å². The van der Waals surface area contributed by atoms with Crippen molar-refractivity contribution in [2.45, 2.75) is 48.9 Å². The number of nitrogens with one attached hydrogen (secondary N) is 1. The van der Waals surface area contributed by atoms with Crippen LogP contribution in [0.25, 0.3) is 10.2 Å². The summed E-state index contributed by atoms with van der Waals surface area (Å²) < 4.78 is 2.14. The van der Waals surface area contributed by atoms with Crippen molar-refractivity contribution in [2.75, 3.05) is 5.75 Å². The highest BCUT2D eigenvalue weighted by Gasteiger charge is 2.15. The highest BCUT2D eigenvalue weighted by atomic mass is 35.5. The smallest absolute Gasteiger partial charge is 0.221 e. The Morgan fingerprint density at radius 2 is 2.18 bits per heavy atom. The van der Waals surface area contributed by atoms with Crippen LogP contribution in [0.15, 0.2) is 22.5 Å². The fraction of sp³-hybridized carbons (Fsp3) is 0.500. The number of fused-ring (bicyclic) bond motifs is 1. The summed E-state index contributed by atoms with van der Waals surface area (Å²) in [4.78, 5) is 16.5. The quantitative estimate of drug-likeness (QED) is 0.778. The maximum absolute atomic E-state index is 12.0. The summed E-state index contributed by atoms with van der Waals surface area (Å²) in [6, 6.07) is 6.16. The number of thioether (sulfide) groups is 1. The molecular weight excluding hydrogens is 336 g/mol. The monoisotopic (exact) mass is 354 g/mol. The minimum atomic E-state index is 0.170. The van der Waals surface area contributed by atoms with Gasteiger partial charge in [-0.2, -0.15) is 0 Å². The van der Waals surface area contributed by atoms with Crippen molar-refractivity contribution in [3.05, 3.63) is 23.2 Å². The summed E-state index contributed by atoms with van der Waals surface area (Å²) in [7, 11) is 0. The van der Waals surface area contributed by atoms with Crippen LogP contribution in [-0.4, -0.2) is 22.7 Å². The Labute approximate surface area is 143 Å². The molecule has 6 heteroatoms. The first-order chi connectivity index (χ1) is 10.7. The fourth-order valence-corrected chi connectivity index (χ4v) is 4.94. The minimum Gasteiger partial charge on any atom is -0.353 e. The Bertz CT molecular complexity index is 653. The largest absolute Gasteiger partial charge is 0.353 e. The van der Waals surface area contributed by atoms with Crippen LogP contribution in [0, 0.1) is 0 Å². The van der Waals surface area contributed by atoms with Crippen LogP contribution in [0.4, 0.5) is 0 Å². The third kappa shape index (κ3) is 4.37. The summed E-state index contributed by atoms with van der Waals surface area (Å²) in [5.74, 6) is 0.940. The van der Waals surface area contributed by atoms with E-state index in [1.54, 1.807) is 23.1 Å². The normalized spacial score (nSPS) is 16.0. The van der Waals surface area contributed by atoms with Gasteiger partial charge in [0.25, 0.3) is 0 Å². The molecule has 1 aromatic carbocycles. The standard InChI is InChI=1S/C16H19ClN2OS2/c17-11-6-7-14-13(10-11)19-16(22-14)21-9-8-15(20)18-12-4-2-1-3-5-12/h6-7,10,12H,1-5,8-9H2,(H,18,20). The molecule has 0 aliphatic heterocycles. The van der Waals surface area contributed by atoms with E-state index in [1.807, 2.05) is 18.2 Å². The van der Waals surface area contributed by atoms with Crippen molar-refractivity contribution >= 4 is 50.8 Å². The van der Waals surface area contributed by atoms with Crippen LogP contribution in [0.1, 0.15) is 38.5 Å². The molecule has 118 valence electrons. The Morgan fingerprint density at radius 1 is 1.36 bits per heavy atom. The highest BCUT2D eigenvalue weighted by molar-refractivity contribution is 8.01. The predicted octanol–water partition coefficient (Wildman–Crippen LogP) is 4.88. The number of thiazole rings is 1. The van der Waals surface area contributed by atoms with Crippen LogP contribution in [0.3, 0.4) is 0 Å². The van der Waals surface area contributed by atoms with Gasteiger partial charge in [0.15, 0.2) is 4.34 Å². The van der Waals surface area contributed by atoms with Gasteiger partial charge in [-0.05, 0) is 31.0 Å². The molecule has 0 radical (unpaired) electrons. The van der Waals surface area contributed by atoms with E-state index in [0.29, 0.717) is 17.5 Å². The van der Waals surface area contributed by atoms with E-state index in [9.17, 15) is 4.79 Å². The number of carbonyl (C=O) groups is 1. The lowest BCUT2D eigenvalue weighted by atomic mass is 9.95. The maximum Gasteiger partial charge on any atom is 0.221 e. The molecule has 1 fully saturated rings. The molecule has 3 nitrogen and oxygen atoms in total. The molecule has 0 unspecified atom stereocenters. The molecule has 0 bridgehead atoms. The van der Waals surface area contributed by atoms with Gasteiger partial charge in [0, 0.05) is 23.2 Å². The lowest BCUT2D eigenvalue weighted by Gasteiger charge is -2.22. The second kappa shape index (κ2) is 7.66. The average Bonchev–Trinajstić information content (AvgIpc) is 2.90. The molecule has 0 spiro atoms.